The number of nitrogens with zero attached hydrogens (tertiary/aromatic N) is 1. The molecule has 0 amide bonds. The number of anilines is 1. The average Bonchev–Trinajstić information content (AvgIpc) is 2.53. The molecule has 0 aliphatic carbocycles. The zero-order valence-electron chi connectivity index (χ0n) is 9.16. The SMILES string of the molecule is CC(CCC(=O)On1c(O)cc(N)c1O)SS. The van der Waals surface area contributed by atoms with Crippen molar-refractivity contribution in [2.45, 2.75) is 25.0 Å². The van der Waals surface area contributed by atoms with Crippen LogP contribution in [0.1, 0.15) is 19.8 Å². The van der Waals surface area contributed by atoms with Crippen LogP contribution in [-0.4, -0.2) is 26.2 Å². The minimum atomic E-state index is -0.569. The lowest BCUT2D eigenvalue weighted by Crippen LogP contribution is -2.19. The molecule has 1 heterocycles. The van der Waals surface area contributed by atoms with E-state index in [9.17, 15) is 15.0 Å². The highest BCUT2D eigenvalue weighted by atomic mass is 33.1. The van der Waals surface area contributed by atoms with Gasteiger partial charge in [-0.05, 0) is 6.42 Å². The third kappa shape index (κ3) is 3.67. The molecule has 96 valence electrons. The predicted octanol–water partition coefficient (Wildman–Crippen LogP) is 1.18. The van der Waals surface area contributed by atoms with Crippen molar-refractivity contribution in [2.24, 2.45) is 0 Å². The zero-order chi connectivity index (χ0) is 13.0. The second-order valence-corrected chi connectivity index (χ2v) is 5.14. The average molecular weight is 278 g/mol. The van der Waals surface area contributed by atoms with E-state index in [0.717, 1.165) is 6.07 Å². The fraction of sp³-hybridized carbons (Fsp3) is 0.444. The smallest absolute Gasteiger partial charge is 0.333 e. The summed E-state index contributed by atoms with van der Waals surface area (Å²) >= 11 is 4.02. The van der Waals surface area contributed by atoms with Crippen LogP contribution in [0.5, 0.6) is 11.8 Å². The first kappa shape index (κ1) is 13.9. The number of hydrogen-bond acceptors (Lipinski definition) is 7. The summed E-state index contributed by atoms with van der Waals surface area (Å²) in [5.74, 6) is -1.49. The molecule has 1 aromatic rings. The number of carbonyl (C=O) groups excluding carboxylic acids is 1. The molecule has 17 heavy (non-hydrogen) atoms. The van der Waals surface area contributed by atoms with Gasteiger partial charge < -0.3 is 20.8 Å². The number of aromatic nitrogens is 1. The van der Waals surface area contributed by atoms with Gasteiger partial charge in [-0.1, -0.05) is 17.7 Å². The fourth-order valence-corrected chi connectivity index (χ4v) is 1.64. The van der Waals surface area contributed by atoms with Gasteiger partial charge >= 0.3 is 5.97 Å². The van der Waals surface area contributed by atoms with E-state index in [1.54, 1.807) is 0 Å². The molecular weight excluding hydrogens is 264 g/mol. The van der Waals surface area contributed by atoms with Gasteiger partial charge in [0.15, 0.2) is 0 Å². The van der Waals surface area contributed by atoms with Crippen LogP contribution in [0.4, 0.5) is 5.69 Å². The van der Waals surface area contributed by atoms with E-state index in [-0.39, 0.29) is 17.4 Å². The molecule has 0 aliphatic heterocycles. The van der Waals surface area contributed by atoms with E-state index in [4.69, 9.17) is 10.6 Å². The van der Waals surface area contributed by atoms with Crippen LogP contribution >= 0.6 is 22.5 Å². The summed E-state index contributed by atoms with van der Waals surface area (Å²) in [4.78, 5) is 16.2. The molecule has 6 nitrogen and oxygen atoms in total. The Kier molecular flexibility index (Phi) is 4.88. The molecule has 1 unspecified atom stereocenters. The van der Waals surface area contributed by atoms with Gasteiger partial charge in [0.05, 0.1) is 0 Å². The van der Waals surface area contributed by atoms with Crippen molar-refractivity contribution in [3.05, 3.63) is 6.07 Å². The third-order valence-electron chi connectivity index (χ3n) is 2.07. The molecule has 1 rings (SSSR count). The largest absolute Gasteiger partial charge is 0.492 e. The first-order valence-electron chi connectivity index (χ1n) is 4.86. The number of thiol groups is 1. The van der Waals surface area contributed by atoms with Crippen LogP contribution in [0.2, 0.25) is 0 Å². The standard InChI is InChI=1S/C9H14N2O4S2/c1-5(17-16)2-3-8(13)15-11-7(12)4-6(10)9(11)14/h4-5,12,14,16H,2-3,10H2,1H3. The highest BCUT2D eigenvalue weighted by Crippen LogP contribution is 2.28. The lowest BCUT2D eigenvalue weighted by atomic mass is 10.2. The second-order valence-electron chi connectivity index (χ2n) is 3.49. The summed E-state index contributed by atoms with van der Waals surface area (Å²) in [5, 5.41) is 18.9. The van der Waals surface area contributed by atoms with Crippen molar-refractivity contribution >= 4 is 34.1 Å². The molecule has 0 aliphatic rings. The maximum Gasteiger partial charge on any atom is 0.333 e. The molecule has 8 heteroatoms. The van der Waals surface area contributed by atoms with Gasteiger partial charge in [-0.3, -0.25) is 0 Å². The van der Waals surface area contributed by atoms with Gasteiger partial charge in [-0.25, -0.2) is 4.79 Å². The Balaban J connectivity index is 2.56. The van der Waals surface area contributed by atoms with Crippen LogP contribution in [0.15, 0.2) is 6.07 Å². The Hall–Kier alpha value is -1.15. The predicted molar refractivity (Wildman–Crippen MR) is 69.0 cm³/mol. The van der Waals surface area contributed by atoms with Crippen LogP contribution in [-0.2, 0) is 4.79 Å². The first-order valence-corrected chi connectivity index (χ1v) is 6.79. The van der Waals surface area contributed by atoms with Crippen LogP contribution in [0.3, 0.4) is 0 Å². The summed E-state index contributed by atoms with van der Waals surface area (Å²) < 4.78 is 0.593. The van der Waals surface area contributed by atoms with Crippen LogP contribution < -0.4 is 10.6 Å². The zero-order valence-corrected chi connectivity index (χ0v) is 10.9. The molecule has 1 atom stereocenters. The molecular formula is C9H14N2O4S2. The lowest BCUT2D eigenvalue weighted by Gasteiger charge is -2.08. The monoisotopic (exact) mass is 278 g/mol. The van der Waals surface area contributed by atoms with E-state index in [1.807, 2.05) is 6.92 Å². The van der Waals surface area contributed by atoms with Crippen LogP contribution in [0.25, 0.3) is 0 Å². The summed E-state index contributed by atoms with van der Waals surface area (Å²) in [7, 11) is 1.34. The Labute approximate surface area is 108 Å². The van der Waals surface area contributed by atoms with Gasteiger partial charge in [0.2, 0.25) is 5.88 Å². The van der Waals surface area contributed by atoms with E-state index >= 15 is 0 Å². The molecule has 0 bridgehead atoms. The summed E-state index contributed by atoms with van der Waals surface area (Å²) in [6.07, 6.45) is 0.747. The molecule has 0 saturated heterocycles. The van der Waals surface area contributed by atoms with E-state index in [1.165, 1.54) is 10.8 Å². The number of hydrogen-bond donors (Lipinski definition) is 4. The third-order valence-corrected chi connectivity index (χ3v) is 3.75. The number of aromatic hydroxyl groups is 2. The van der Waals surface area contributed by atoms with Gasteiger partial charge in [0.25, 0.3) is 5.88 Å². The van der Waals surface area contributed by atoms with Crippen molar-refractivity contribution in [1.82, 2.24) is 4.73 Å². The van der Waals surface area contributed by atoms with Gasteiger partial charge in [0.1, 0.15) is 5.69 Å². The summed E-state index contributed by atoms with van der Waals surface area (Å²) in [5.41, 5.74) is 5.26. The minimum Gasteiger partial charge on any atom is -0.492 e. The lowest BCUT2D eigenvalue weighted by molar-refractivity contribution is -0.145. The highest BCUT2D eigenvalue weighted by Gasteiger charge is 2.16. The molecule has 0 fully saturated rings. The van der Waals surface area contributed by atoms with Gasteiger partial charge in [-0.2, -0.15) is 0 Å². The maximum absolute atomic E-state index is 11.4. The fourth-order valence-electron chi connectivity index (χ4n) is 1.10. The van der Waals surface area contributed by atoms with Crippen LogP contribution in [0, 0.1) is 0 Å². The van der Waals surface area contributed by atoms with E-state index in [2.05, 4.69) is 11.7 Å². The number of nitrogen functional groups attached to an aromatic ring is 1. The van der Waals surface area contributed by atoms with Crippen molar-refractivity contribution in [3.8, 4) is 11.8 Å². The topological polar surface area (TPSA) is 97.7 Å². The number of rotatable bonds is 5. The number of carbonyl (C=O) groups is 1. The Morgan fingerprint density at radius 1 is 1.71 bits per heavy atom. The maximum atomic E-state index is 11.4. The normalized spacial score (nSPS) is 12.4. The summed E-state index contributed by atoms with van der Waals surface area (Å²) in [6, 6.07) is 1.09. The summed E-state index contributed by atoms with van der Waals surface area (Å²) in [6.45, 7) is 1.92. The molecule has 0 spiro atoms. The quantitative estimate of drug-likeness (QED) is 0.477. The first-order chi connectivity index (χ1) is 7.95. The van der Waals surface area contributed by atoms with E-state index < -0.39 is 17.7 Å². The number of nitrogens with two attached hydrogens (primary N) is 1. The van der Waals surface area contributed by atoms with Gasteiger partial charge in [0, 0.05) is 17.7 Å². The molecule has 0 aromatic carbocycles. The van der Waals surface area contributed by atoms with Crippen molar-refractivity contribution in [3.63, 3.8) is 0 Å². The van der Waals surface area contributed by atoms with Crippen molar-refractivity contribution in [1.29, 1.82) is 0 Å². The Morgan fingerprint density at radius 2 is 2.35 bits per heavy atom. The molecule has 0 saturated carbocycles. The highest BCUT2D eigenvalue weighted by molar-refractivity contribution is 8.68. The second kappa shape index (κ2) is 5.97. The Morgan fingerprint density at radius 3 is 2.82 bits per heavy atom. The molecule has 1 aromatic heterocycles. The minimum absolute atomic E-state index is 0.0606. The Bertz CT molecular complexity index is 408. The molecule has 4 N–H and O–H groups in total. The van der Waals surface area contributed by atoms with Gasteiger partial charge in [-0.15, -0.1) is 16.4 Å². The van der Waals surface area contributed by atoms with Crippen molar-refractivity contribution < 1.29 is 19.8 Å². The van der Waals surface area contributed by atoms with E-state index in [0.29, 0.717) is 11.2 Å². The van der Waals surface area contributed by atoms with Crippen molar-refractivity contribution in [2.75, 3.05) is 5.73 Å². The molecule has 0 radical (unpaired) electrons.